The number of carbonyl (C=O) groups is 1. The molecule has 0 aromatic rings. The Hall–Kier alpha value is -1.05. The highest BCUT2D eigenvalue weighted by Gasteiger charge is 2.22. The third-order valence-corrected chi connectivity index (χ3v) is 2.70. The van der Waals surface area contributed by atoms with E-state index >= 15 is 0 Å². The van der Waals surface area contributed by atoms with E-state index in [1.54, 1.807) is 0 Å². The highest BCUT2D eigenvalue weighted by atomic mass is 16.2. The van der Waals surface area contributed by atoms with E-state index < -0.39 is 0 Å². The average molecular weight is 177 g/mol. The Balaban J connectivity index is 2.01. The maximum absolute atomic E-state index is 11.7. The van der Waals surface area contributed by atoms with E-state index in [-0.39, 0.29) is 5.91 Å². The number of nitrogens with zero attached hydrogens (tertiary/aromatic N) is 1. The second kappa shape index (κ2) is 3.36. The quantitative estimate of drug-likeness (QED) is 0.597. The van der Waals surface area contributed by atoms with E-state index in [1.165, 1.54) is 6.42 Å². The SMILES string of the molecule is CC1C=CC(C(=O)N2CCC2)=CC1. The molecule has 0 saturated carbocycles. The summed E-state index contributed by atoms with van der Waals surface area (Å²) in [6, 6.07) is 0. The lowest BCUT2D eigenvalue weighted by Gasteiger charge is -2.31. The Labute approximate surface area is 78.9 Å². The zero-order chi connectivity index (χ0) is 9.26. The van der Waals surface area contributed by atoms with Gasteiger partial charge in [0, 0.05) is 18.7 Å². The fourth-order valence-electron chi connectivity index (χ4n) is 1.59. The summed E-state index contributed by atoms with van der Waals surface area (Å²) in [5, 5.41) is 0. The lowest BCUT2D eigenvalue weighted by molar-refractivity contribution is -0.130. The van der Waals surface area contributed by atoms with Crippen LogP contribution in [0.5, 0.6) is 0 Å². The van der Waals surface area contributed by atoms with Crippen molar-refractivity contribution in [2.24, 2.45) is 5.92 Å². The Kier molecular flexibility index (Phi) is 2.21. The summed E-state index contributed by atoms with van der Waals surface area (Å²) >= 11 is 0. The molecule has 1 aliphatic carbocycles. The molecule has 0 aromatic heterocycles. The van der Waals surface area contributed by atoms with Crippen LogP contribution >= 0.6 is 0 Å². The number of hydrogen-bond acceptors (Lipinski definition) is 1. The molecule has 70 valence electrons. The van der Waals surface area contributed by atoms with Crippen LogP contribution in [0.3, 0.4) is 0 Å². The van der Waals surface area contributed by atoms with Crippen LogP contribution in [0.2, 0.25) is 0 Å². The second-order valence-corrected chi connectivity index (χ2v) is 3.88. The molecule has 1 saturated heterocycles. The first kappa shape index (κ1) is 8.54. The van der Waals surface area contributed by atoms with E-state index in [1.807, 2.05) is 11.0 Å². The van der Waals surface area contributed by atoms with Crippen molar-refractivity contribution in [2.45, 2.75) is 19.8 Å². The van der Waals surface area contributed by atoms with Gasteiger partial charge in [-0.3, -0.25) is 4.79 Å². The first-order valence-corrected chi connectivity index (χ1v) is 4.95. The van der Waals surface area contributed by atoms with Gasteiger partial charge in [-0.2, -0.15) is 0 Å². The van der Waals surface area contributed by atoms with Gasteiger partial charge in [0.1, 0.15) is 0 Å². The van der Waals surface area contributed by atoms with Crippen LogP contribution in [-0.2, 0) is 4.79 Å². The predicted molar refractivity (Wildman–Crippen MR) is 52.2 cm³/mol. The Morgan fingerprint density at radius 1 is 1.54 bits per heavy atom. The smallest absolute Gasteiger partial charge is 0.253 e. The zero-order valence-electron chi connectivity index (χ0n) is 7.99. The van der Waals surface area contributed by atoms with Gasteiger partial charge in [0.05, 0.1) is 0 Å². The lowest BCUT2D eigenvalue weighted by atomic mass is 9.97. The third-order valence-electron chi connectivity index (χ3n) is 2.70. The van der Waals surface area contributed by atoms with Crippen LogP contribution in [0.15, 0.2) is 23.8 Å². The number of amides is 1. The molecule has 1 aliphatic heterocycles. The molecule has 0 bridgehead atoms. The Morgan fingerprint density at radius 2 is 2.31 bits per heavy atom. The third kappa shape index (κ3) is 1.67. The van der Waals surface area contributed by atoms with Crippen LogP contribution in [0.1, 0.15) is 19.8 Å². The summed E-state index contributed by atoms with van der Waals surface area (Å²) in [4.78, 5) is 13.6. The van der Waals surface area contributed by atoms with E-state index in [0.29, 0.717) is 5.92 Å². The van der Waals surface area contributed by atoms with Crippen LogP contribution in [0.25, 0.3) is 0 Å². The summed E-state index contributed by atoms with van der Waals surface area (Å²) in [6.07, 6.45) is 8.32. The largest absolute Gasteiger partial charge is 0.339 e. The highest BCUT2D eigenvalue weighted by Crippen LogP contribution is 2.19. The van der Waals surface area contributed by atoms with Crippen molar-refractivity contribution in [2.75, 3.05) is 13.1 Å². The van der Waals surface area contributed by atoms with Gasteiger partial charge in [-0.15, -0.1) is 0 Å². The van der Waals surface area contributed by atoms with Crippen molar-refractivity contribution in [1.82, 2.24) is 4.90 Å². The molecule has 2 nitrogen and oxygen atoms in total. The zero-order valence-corrected chi connectivity index (χ0v) is 7.99. The summed E-state index contributed by atoms with van der Waals surface area (Å²) in [5.74, 6) is 0.808. The van der Waals surface area contributed by atoms with Gasteiger partial charge in [0.25, 0.3) is 5.91 Å². The maximum atomic E-state index is 11.7. The van der Waals surface area contributed by atoms with Gasteiger partial charge in [-0.05, 0) is 18.8 Å². The monoisotopic (exact) mass is 177 g/mol. The molecular weight excluding hydrogens is 162 g/mol. The molecule has 13 heavy (non-hydrogen) atoms. The predicted octanol–water partition coefficient (Wildman–Crippen LogP) is 1.74. The van der Waals surface area contributed by atoms with Crippen LogP contribution in [-0.4, -0.2) is 23.9 Å². The fraction of sp³-hybridized carbons (Fsp3) is 0.545. The minimum absolute atomic E-state index is 0.217. The summed E-state index contributed by atoms with van der Waals surface area (Å²) in [6.45, 7) is 4.05. The Bertz CT molecular complexity index is 274. The van der Waals surface area contributed by atoms with Crippen LogP contribution < -0.4 is 0 Å². The van der Waals surface area contributed by atoms with Crippen LogP contribution in [0, 0.1) is 5.92 Å². The molecule has 0 N–H and O–H groups in total. The fourth-order valence-corrected chi connectivity index (χ4v) is 1.59. The molecule has 0 spiro atoms. The van der Waals surface area contributed by atoms with Crippen molar-refractivity contribution < 1.29 is 4.79 Å². The van der Waals surface area contributed by atoms with Crippen molar-refractivity contribution in [3.63, 3.8) is 0 Å². The van der Waals surface area contributed by atoms with Crippen molar-refractivity contribution in [3.05, 3.63) is 23.8 Å². The van der Waals surface area contributed by atoms with E-state index in [4.69, 9.17) is 0 Å². The number of hydrogen-bond donors (Lipinski definition) is 0. The van der Waals surface area contributed by atoms with Gasteiger partial charge in [-0.1, -0.05) is 25.2 Å². The van der Waals surface area contributed by atoms with Gasteiger partial charge in [0.15, 0.2) is 0 Å². The van der Waals surface area contributed by atoms with Crippen LogP contribution in [0.4, 0.5) is 0 Å². The summed E-state index contributed by atoms with van der Waals surface area (Å²) in [5.41, 5.74) is 0.887. The van der Waals surface area contributed by atoms with E-state index in [9.17, 15) is 4.79 Å². The molecule has 0 aromatic carbocycles. The normalized spacial score (nSPS) is 26.7. The average Bonchev–Trinajstić information content (AvgIpc) is 2.02. The first-order valence-electron chi connectivity index (χ1n) is 4.95. The molecule has 0 radical (unpaired) electrons. The maximum Gasteiger partial charge on any atom is 0.253 e. The van der Waals surface area contributed by atoms with E-state index in [0.717, 1.165) is 25.1 Å². The molecule has 2 aliphatic rings. The number of allylic oxidation sites excluding steroid dienone is 2. The van der Waals surface area contributed by atoms with Crippen molar-refractivity contribution >= 4 is 5.91 Å². The van der Waals surface area contributed by atoms with Gasteiger partial charge < -0.3 is 4.90 Å². The molecule has 1 unspecified atom stereocenters. The van der Waals surface area contributed by atoms with Crippen molar-refractivity contribution in [1.29, 1.82) is 0 Å². The number of rotatable bonds is 1. The molecule has 1 heterocycles. The lowest BCUT2D eigenvalue weighted by Crippen LogP contribution is -2.42. The minimum Gasteiger partial charge on any atom is -0.339 e. The Morgan fingerprint density at radius 3 is 2.77 bits per heavy atom. The minimum atomic E-state index is 0.217. The molecule has 1 amide bonds. The van der Waals surface area contributed by atoms with Gasteiger partial charge >= 0.3 is 0 Å². The topological polar surface area (TPSA) is 20.3 Å². The number of likely N-dealkylation sites (tertiary alicyclic amines) is 1. The molecule has 1 atom stereocenters. The van der Waals surface area contributed by atoms with E-state index in [2.05, 4.69) is 19.1 Å². The number of carbonyl (C=O) groups excluding carboxylic acids is 1. The summed E-state index contributed by atoms with van der Waals surface area (Å²) < 4.78 is 0. The molecule has 2 heteroatoms. The molecular formula is C11H15NO. The molecule has 1 fully saturated rings. The van der Waals surface area contributed by atoms with Gasteiger partial charge in [0.2, 0.25) is 0 Å². The standard InChI is InChI=1S/C11H15NO/c1-9-3-5-10(6-4-9)11(13)12-7-2-8-12/h3,5-6,9H,2,4,7-8H2,1H3. The van der Waals surface area contributed by atoms with Gasteiger partial charge in [-0.25, -0.2) is 0 Å². The summed E-state index contributed by atoms with van der Waals surface area (Å²) in [7, 11) is 0. The van der Waals surface area contributed by atoms with Crippen molar-refractivity contribution in [3.8, 4) is 0 Å². The molecule has 2 rings (SSSR count). The first-order chi connectivity index (χ1) is 6.27. The second-order valence-electron chi connectivity index (χ2n) is 3.88. The highest BCUT2D eigenvalue weighted by molar-refractivity contribution is 5.96.